The average Bonchev–Trinajstić information content (AvgIpc) is 2.64. The number of rotatable bonds is 7. The molecule has 27 heavy (non-hydrogen) atoms. The van der Waals surface area contributed by atoms with Gasteiger partial charge in [-0.3, -0.25) is 4.79 Å². The maximum absolute atomic E-state index is 12.4. The van der Waals surface area contributed by atoms with Crippen LogP contribution in [-0.4, -0.2) is 26.5 Å². The van der Waals surface area contributed by atoms with Crippen LogP contribution in [0.2, 0.25) is 0 Å². The van der Waals surface area contributed by atoms with E-state index in [1.807, 2.05) is 0 Å². The van der Waals surface area contributed by atoms with Crippen molar-refractivity contribution >= 4 is 12.0 Å². The van der Waals surface area contributed by atoms with E-state index in [0.29, 0.717) is 17.1 Å². The van der Waals surface area contributed by atoms with Gasteiger partial charge in [-0.05, 0) is 29.8 Å². The standard InChI is InChI=1S/C19H18F3NO4/c1-25-16-9-7-13(11-17(16)26-2)8-10-18(24)23-12-14-5-3-4-6-15(14)27-19(20,21)22/h3-11H,12H2,1-2H3,(H,23,24)/b10-8+. The Labute approximate surface area is 154 Å². The summed E-state index contributed by atoms with van der Waals surface area (Å²) in [5.41, 5.74) is 0.909. The average molecular weight is 381 g/mol. The smallest absolute Gasteiger partial charge is 0.493 e. The number of nitrogens with one attached hydrogen (secondary N) is 1. The molecule has 2 rings (SSSR count). The molecule has 0 spiro atoms. The molecule has 2 aromatic carbocycles. The first-order valence-electron chi connectivity index (χ1n) is 7.84. The van der Waals surface area contributed by atoms with Crippen molar-refractivity contribution in [2.75, 3.05) is 14.2 Å². The number of methoxy groups -OCH3 is 2. The molecule has 0 fully saturated rings. The summed E-state index contributed by atoms with van der Waals surface area (Å²) in [7, 11) is 3.01. The van der Waals surface area contributed by atoms with E-state index in [4.69, 9.17) is 9.47 Å². The van der Waals surface area contributed by atoms with Crippen molar-refractivity contribution in [1.82, 2.24) is 5.32 Å². The van der Waals surface area contributed by atoms with Gasteiger partial charge in [-0.1, -0.05) is 24.3 Å². The van der Waals surface area contributed by atoms with E-state index in [0.717, 1.165) is 0 Å². The molecule has 1 N–H and O–H groups in total. The third kappa shape index (κ3) is 6.25. The van der Waals surface area contributed by atoms with Gasteiger partial charge in [0.2, 0.25) is 5.91 Å². The predicted octanol–water partition coefficient (Wildman–Crippen LogP) is 3.93. The van der Waals surface area contributed by atoms with Crippen molar-refractivity contribution in [3.63, 3.8) is 0 Å². The highest BCUT2D eigenvalue weighted by Gasteiger charge is 2.31. The molecule has 0 unspecified atom stereocenters. The first-order chi connectivity index (χ1) is 12.8. The molecule has 0 aliphatic rings. The van der Waals surface area contributed by atoms with Gasteiger partial charge in [-0.2, -0.15) is 0 Å². The number of amides is 1. The molecule has 8 heteroatoms. The Hall–Kier alpha value is -3.16. The van der Waals surface area contributed by atoms with Crippen molar-refractivity contribution in [2.45, 2.75) is 12.9 Å². The van der Waals surface area contributed by atoms with Gasteiger partial charge in [0.25, 0.3) is 0 Å². The van der Waals surface area contributed by atoms with Crippen LogP contribution in [0, 0.1) is 0 Å². The fraction of sp³-hybridized carbons (Fsp3) is 0.211. The molecule has 0 radical (unpaired) electrons. The SMILES string of the molecule is COc1ccc(/C=C/C(=O)NCc2ccccc2OC(F)(F)F)cc1OC. The fourth-order valence-electron chi connectivity index (χ4n) is 2.24. The van der Waals surface area contributed by atoms with Gasteiger partial charge in [-0.25, -0.2) is 0 Å². The summed E-state index contributed by atoms with van der Waals surface area (Å²) >= 11 is 0. The lowest BCUT2D eigenvalue weighted by atomic mass is 10.2. The van der Waals surface area contributed by atoms with Gasteiger partial charge in [0.05, 0.1) is 14.2 Å². The number of carbonyl (C=O) groups is 1. The molecular weight excluding hydrogens is 363 g/mol. The quantitative estimate of drug-likeness (QED) is 0.739. The summed E-state index contributed by atoms with van der Waals surface area (Å²) in [6.45, 7) is -0.110. The lowest BCUT2D eigenvalue weighted by Crippen LogP contribution is -2.22. The molecule has 1 amide bonds. The van der Waals surface area contributed by atoms with Crippen molar-refractivity contribution < 1.29 is 32.2 Å². The molecule has 0 bridgehead atoms. The van der Waals surface area contributed by atoms with Gasteiger partial charge in [-0.15, -0.1) is 13.2 Å². The minimum Gasteiger partial charge on any atom is -0.493 e. The highest BCUT2D eigenvalue weighted by atomic mass is 19.4. The van der Waals surface area contributed by atoms with Crippen molar-refractivity contribution in [3.05, 3.63) is 59.7 Å². The van der Waals surface area contributed by atoms with Gasteiger partial charge >= 0.3 is 6.36 Å². The number of ether oxygens (including phenoxy) is 3. The third-order valence-corrected chi connectivity index (χ3v) is 3.49. The Kier molecular flexibility index (Phi) is 6.70. The molecule has 0 saturated carbocycles. The summed E-state index contributed by atoms with van der Waals surface area (Å²) < 4.78 is 51.5. The van der Waals surface area contributed by atoms with Gasteiger partial charge < -0.3 is 19.5 Å². The lowest BCUT2D eigenvalue weighted by molar-refractivity contribution is -0.274. The van der Waals surface area contributed by atoms with E-state index in [1.54, 1.807) is 30.3 Å². The molecule has 0 aromatic heterocycles. The number of para-hydroxylation sites is 1. The molecule has 0 heterocycles. The third-order valence-electron chi connectivity index (χ3n) is 3.49. The zero-order chi connectivity index (χ0) is 19.9. The van der Waals surface area contributed by atoms with E-state index in [1.165, 1.54) is 38.5 Å². The fourth-order valence-corrected chi connectivity index (χ4v) is 2.24. The lowest BCUT2D eigenvalue weighted by Gasteiger charge is -2.13. The largest absolute Gasteiger partial charge is 0.573 e. The summed E-state index contributed by atoms with van der Waals surface area (Å²) in [5.74, 6) is 0.249. The molecule has 0 saturated heterocycles. The number of hydrogen-bond donors (Lipinski definition) is 1. The zero-order valence-corrected chi connectivity index (χ0v) is 14.7. The minimum absolute atomic E-state index is 0.110. The number of carbonyl (C=O) groups excluding carboxylic acids is 1. The highest BCUT2D eigenvalue weighted by molar-refractivity contribution is 5.91. The predicted molar refractivity (Wildman–Crippen MR) is 93.6 cm³/mol. The van der Waals surface area contributed by atoms with Gasteiger partial charge in [0.15, 0.2) is 11.5 Å². The Morgan fingerprint density at radius 2 is 1.74 bits per heavy atom. The van der Waals surface area contributed by atoms with Crippen molar-refractivity contribution in [1.29, 1.82) is 0 Å². The van der Waals surface area contributed by atoms with Crippen LogP contribution in [0.5, 0.6) is 17.2 Å². The van der Waals surface area contributed by atoms with Crippen LogP contribution in [0.1, 0.15) is 11.1 Å². The Balaban J connectivity index is 2.00. The second kappa shape index (κ2) is 8.98. The minimum atomic E-state index is -4.80. The zero-order valence-electron chi connectivity index (χ0n) is 14.7. The Morgan fingerprint density at radius 3 is 2.41 bits per heavy atom. The summed E-state index contributed by atoms with van der Waals surface area (Å²) in [5, 5.41) is 2.52. The van der Waals surface area contributed by atoms with Crippen LogP contribution in [-0.2, 0) is 11.3 Å². The second-order valence-corrected chi connectivity index (χ2v) is 5.32. The molecule has 0 aliphatic heterocycles. The molecule has 2 aromatic rings. The topological polar surface area (TPSA) is 56.8 Å². The van der Waals surface area contributed by atoms with Crippen LogP contribution in [0.15, 0.2) is 48.5 Å². The van der Waals surface area contributed by atoms with E-state index < -0.39 is 12.3 Å². The van der Waals surface area contributed by atoms with Crippen LogP contribution in [0.3, 0.4) is 0 Å². The number of benzene rings is 2. The van der Waals surface area contributed by atoms with Crippen LogP contribution < -0.4 is 19.5 Å². The van der Waals surface area contributed by atoms with Crippen LogP contribution in [0.25, 0.3) is 6.08 Å². The summed E-state index contributed by atoms with van der Waals surface area (Å²) in [6, 6.07) is 10.7. The number of hydrogen-bond acceptors (Lipinski definition) is 4. The Bertz CT molecular complexity index is 819. The van der Waals surface area contributed by atoms with E-state index in [2.05, 4.69) is 10.1 Å². The van der Waals surface area contributed by atoms with Gasteiger partial charge in [0, 0.05) is 18.2 Å². The van der Waals surface area contributed by atoms with Crippen molar-refractivity contribution in [2.24, 2.45) is 0 Å². The monoisotopic (exact) mass is 381 g/mol. The first kappa shape index (κ1) is 20.2. The highest BCUT2D eigenvalue weighted by Crippen LogP contribution is 2.28. The molecule has 5 nitrogen and oxygen atoms in total. The number of alkyl halides is 3. The van der Waals surface area contributed by atoms with Crippen LogP contribution in [0.4, 0.5) is 13.2 Å². The van der Waals surface area contributed by atoms with E-state index in [-0.39, 0.29) is 17.9 Å². The van der Waals surface area contributed by atoms with E-state index >= 15 is 0 Å². The maximum Gasteiger partial charge on any atom is 0.573 e. The Morgan fingerprint density at radius 1 is 1.04 bits per heavy atom. The van der Waals surface area contributed by atoms with Gasteiger partial charge in [0.1, 0.15) is 5.75 Å². The molecular formula is C19H18F3NO4. The molecule has 0 aliphatic carbocycles. The first-order valence-corrected chi connectivity index (χ1v) is 7.84. The number of halogens is 3. The second-order valence-electron chi connectivity index (χ2n) is 5.32. The normalized spacial score (nSPS) is 11.3. The molecule has 144 valence electrons. The maximum atomic E-state index is 12.4. The summed E-state index contributed by atoms with van der Waals surface area (Å²) in [6.07, 6.45) is -1.97. The van der Waals surface area contributed by atoms with E-state index in [9.17, 15) is 18.0 Å². The molecule has 0 atom stereocenters. The summed E-state index contributed by atoms with van der Waals surface area (Å²) in [4.78, 5) is 11.9. The van der Waals surface area contributed by atoms with Crippen LogP contribution >= 0.6 is 0 Å². The van der Waals surface area contributed by atoms with Crippen molar-refractivity contribution in [3.8, 4) is 17.2 Å².